The fourth-order valence-electron chi connectivity index (χ4n) is 3.38. The smallest absolute Gasteiger partial charge is 0.176 e. The van der Waals surface area contributed by atoms with E-state index in [1.165, 1.54) is 19.4 Å². The molecule has 0 N–H and O–H groups in total. The quantitative estimate of drug-likeness (QED) is 0.793. The van der Waals surface area contributed by atoms with Gasteiger partial charge in [-0.05, 0) is 38.4 Å². The number of carbonyl (C=O) groups excluding carboxylic acids is 1. The Morgan fingerprint density at radius 2 is 2.05 bits per heavy atom. The van der Waals surface area contributed by atoms with E-state index >= 15 is 0 Å². The molecule has 4 heteroatoms. The molecule has 20 heavy (non-hydrogen) atoms. The molecule has 0 bridgehead atoms. The second-order valence-electron chi connectivity index (χ2n) is 6.00. The maximum atomic E-state index is 12.4. The Bertz CT molecular complexity index is 488. The van der Waals surface area contributed by atoms with E-state index in [0.717, 1.165) is 23.1 Å². The Hall–Kier alpha value is -0.710. The zero-order valence-corrected chi connectivity index (χ0v) is 13.5. The summed E-state index contributed by atoms with van der Waals surface area (Å²) in [7, 11) is 0. The predicted octanol–water partition coefficient (Wildman–Crippen LogP) is 2.80. The molecule has 1 aromatic carbocycles. The van der Waals surface area contributed by atoms with Crippen LogP contribution in [0.1, 0.15) is 30.1 Å². The first kappa shape index (κ1) is 14.2. The van der Waals surface area contributed by atoms with E-state index in [1.807, 2.05) is 24.3 Å². The molecule has 2 heterocycles. The topological polar surface area (TPSA) is 23.6 Å². The Kier molecular flexibility index (Phi) is 4.24. The first-order chi connectivity index (χ1) is 9.63. The minimum absolute atomic E-state index is 0.232. The zero-order chi connectivity index (χ0) is 14.1. The largest absolute Gasteiger partial charge is 0.298 e. The van der Waals surface area contributed by atoms with Crippen LogP contribution in [0.3, 0.4) is 0 Å². The van der Waals surface area contributed by atoms with Crippen LogP contribution in [0.25, 0.3) is 0 Å². The number of rotatable bonds is 3. The Morgan fingerprint density at radius 3 is 2.80 bits per heavy atom. The molecule has 0 saturated carbocycles. The first-order valence-electron chi connectivity index (χ1n) is 7.40. The molecule has 2 aliphatic heterocycles. The van der Waals surface area contributed by atoms with Gasteiger partial charge in [-0.2, -0.15) is 0 Å². The molecule has 2 atom stereocenters. The molecule has 3 rings (SSSR count). The standard InChI is InChI=1S/C16H21BrN2O/c1-12-9-18-8-2-3-15(18)10-19(12)11-16(20)13-4-6-14(17)7-5-13/h4-7,12,15H,2-3,8-11H2,1H3. The van der Waals surface area contributed by atoms with Crippen molar-refractivity contribution in [1.82, 2.24) is 9.80 Å². The van der Waals surface area contributed by atoms with Crippen LogP contribution in [0.5, 0.6) is 0 Å². The molecule has 1 aromatic rings. The number of hydrogen-bond acceptors (Lipinski definition) is 3. The van der Waals surface area contributed by atoms with Crippen LogP contribution in [0.2, 0.25) is 0 Å². The lowest BCUT2D eigenvalue weighted by Crippen LogP contribution is -2.55. The van der Waals surface area contributed by atoms with E-state index in [-0.39, 0.29) is 5.78 Å². The van der Waals surface area contributed by atoms with Crippen molar-refractivity contribution in [2.24, 2.45) is 0 Å². The number of halogens is 1. The minimum Gasteiger partial charge on any atom is -0.298 e. The fraction of sp³-hybridized carbons (Fsp3) is 0.562. The molecule has 0 amide bonds. The molecule has 2 unspecified atom stereocenters. The highest BCUT2D eigenvalue weighted by molar-refractivity contribution is 9.10. The van der Waals surface area contributed by atoms with Gasteiger partial charge in [0, 0.05) is 35.2 Å². The van der Waals surface area contributed by atoms with E-state index in [2.05, 4.69) is 32.7 Å². The number of nitrogens with zero attached hydrogens (tertiary/aromatic N) is 2. The molecule has 108 valence electrons. The van der Waals surface area contributed by atoms with Crippen LogP contribution in [0, 0.1) is 0 Å². The van der Waals surface area contributed by atoms with Crippen molar-refractivity contribution < 1.29 is 4.79 Å². The van der Waals surface area contributed by atoms with E-state index in [9.17, 15) is 4.79 Å². The van der Waals surface area contributed by atoms with Gasteiger partial charge in [-0.1, -0.05) is 28.1 Å². The maximum Gasteiger partial charge on any atom is 0.176 e. The Labute approximate surface area is 129 Å². The second-order valence-corrected chi connectivity index (χ2v) is 6.92. The van der Waals surface area contributed by atoms with Crippen molar-refractivity contribution in [2.45, 2.75) is 31.8 Å². The first-order valence-corrected chi connectivity index (χ1v) is 8.19. The van der Waals surface area contributed by atoms with Gasteiger partial charge in [-0.25, -0.2) is 0 Å². The monoisotopic (exact) mass is 336 g/mol. The summed E-state index contributed by atoms with van der Waals surface area (Å²) in [5.74, 6) is 0.232. The number of piperazine rings is 1. The summed E-state index contributed by atoms with van der Waals surface area (Å²) < 4.78 is 1.02. The van der Waals surface area contributed by atoms with Crippen LogP contribution in [-0.2, 0) is 0 Å². The van der Waals surface area contributed by atoms with Crippen molar-refractivity contribution in [2.75, 3.05) is 26.2 Å². The molecule has 0 aromatic heterocycles. The van der Waals surface area contributed by atoms with Gasteiger partial charge in [0.15, 0.2) is 5.78 Å². The van der Waals surface area contributed by atoms with Crippen molar-refractivity contribution in [1.29, 1.82) is 0 Å². The third kappa shape index (κ3) is 2.97. The summed E-state index contributed by atoms with van der Waals surface area (Å²) in [5, 5.41) is 0. The predicted molar refractivity (Wildman–Crippen MR) is 84.1 cm³/mol. The molecule has 3 nitrogen and oxygen atoms in total. The lowest BCUT2D eigenvalue weighted by molar-refractivity contribution is 0.0535. The van der Waals surface area contributed by atoms with Gasteiger partial charge in [0.25, 0.3) is 0 Å². The van der Waals surface area contributed by atoms with Crippen molar-refractivity contribution in [3.8, 4) is 0 Å². The number of fused-ring (bicyclic) bond motifs is 1. The SMILES string of the molecule is CC1CN2CCCC2CN1CC(=O)c1ccc(Br)cc1. The lowest BCUT2D eigenvalue weighted by Gasteiger charge is -2.42. The number of Topliss-reactive ketones (excluding diaryl/α,β-unsaturated/α-hetero) is 1. The molecule has 2 fully saturated rings. The number of ketones is 1. The highest BCUT2D eigenvalue weighted by atomic mass is 79.9. The molecule has 2 saturated heterocycles. The molecular weight excluding hydrogens is 316 g/mol. The van der Waals surface area contributed by atoms with Crippen LogP contribution < -0.4 is 0 Å². The lowest BCUT2D eigenvalue weighted by atomic mass is 10.1. The van der Waals surface area contributed by atoms with Crippen molar-refractivity contribution in [3.63, 3.8) is 0 Å². The number of benzene rings is 1. The molecule has 2 aliphatic rings. The maximum absolute atomic E-state index is 12.4. The van der Waals surface area contributed by atoms with Crippen LogP contribution in [-0.4, -0.2) is 53.8 Å². The normalized spacial score (nSPS) is 27.5. The summed E-state index contributed by atoms with van der Waals surface area (Å²) >= 11 is 3.41. The highest BCUT2D eigenvalue weighted by Crippen LogP contribution is 2.24. The second kappa shape index (κ2) is 5.96. The average molecular weight is 337 g/mol. The van der Waals surface area contributed by atoms with Crippen LogP contribution in [0.4, 0.5) is 0 Å². The number of hydrogen-bond donors (Lipinski definition) is 0. The number of carbonyl (C=O) groups is 1. The van der Waals surface area contributed by atoms with Gasteiger partial charge in [0.05, 0.1) is 6.54 Å². The summed E-state index contributed by atoms with van der Waals surface area (Å²) in [5.41, 5.74) is 0.814. The Morgan fingerprint density at radius 1 is 1.30 bits per heavy atom. The summed E-state index contributed by atoms with van der Waals surface area (Å²) in [6, 6.07) is 8.83. The average Bonchev–Trinajstić information content (AvgIpc) is 2.87. The van der Waals surface area contributed by atoms with E-state index in [0.29, 0.717) is 18.6 Å². The fourth-order valence-corrected chi connectivity index (χ4v) is 3.64. The summed E-state index contributed by atoms with van der Waals surface area (Å²) in [4.78, 5) is 17.3. The van der Waals surface area contributed by atoms with Crippen molar-refractivity contribution >= 4 is 21.7 Å². The Balaban J connectivity index is 1.64. The molecule has 0 spiro atoms. The van der Waals surface area contributed by atoms with Crippen LogP contribution >= 0.6 is 15.9 Å². The summed E-state index contributed by atoms with van der Waals surface area (Å²) in [6.07, 6.45) is 2.60. The third-order valence-corrected chi connectivity index (χ3v) is 5.11. The van der Waals surface area contributed by atoms with Gasteiger partial charge in [0.2, 0.25) is 0 Å². The van der Waals surface area contributed by atoms with Gasteiger partial charge in [-0.15, -0.1) is 0 Å². The minimum atomic E-state index is 0.232. The third-order valence-electron chi connectivity index (χ3n) is 4.58. The van der Waals surface area contributed by atoms with Gasteiger partial charge >= 0.3 is 0 Å². The summed E-state index contributed by atoms with van der Waals surface area (Å²) in [6.45, 7) is 6.18. The van der Waals surface area contributed by atoms with Gasteiger partial charge in [0.1, 0.15) is 0 Å². The van der Waals surface area contributed by atoms with Gasteiger partial charge < -0.3 is 0 Å². The zero-order valence-electron chi connectivity index (χ0n) is 11.9. The van der Waals surface area contributed by atoms with E-state index in [1.54, 1.807) is 0 Å². The molecule has 0 radical (unpaired) electrons. The van der Waals surface area contributed by atoms with Crippen molar-refractivity contribution in [3.05, 3.63) is 34.3 Å². The molecular formula is C16H21BrN2O. The molecule has 0 aliphatic carbocycles. The van der Waals surface area contributed by atoms with Crippen LogP contribution in [0.15, 0.2) is 28.7 Å². The van der Waals surface area contributed by atoms with E-state index in [4.69, 9.17) is 0 Å². The van der Waals surface area contributed by atoms with E-state index < -0.39 is 0 Å². The highest BCUT2D eigenvalue weighted by Gasteiger charge is 2.34. The van der Waals surface area contributed by atoms with Gasteiger partial charge in [-0.3, -0.25) is 14.6 Å².